The molecule has 0 aliphatic heterocycles. The Morgan fingerprint density at radius 1 is 1.28 bits per heavy atom. The fraction of sp³-hybridized carbons (Fsp3) is 0.357. The van der Waals surface area contributed by atoms with E-state index in [-0.39, 0.29) is 0 Å². The fourth-order valence-electron chi connectivity index (χ4n) is 1.90. The van der Waals surface area contributed by atoms with E-state index in [0.29, 0.717) is 0 Å². The van der Waals surface area contributed by atoms with E-state index in [2.05, 4.69) is 28.5 Å². The Kier molecular flexibility index (Phi) is 4.79. The topological polar surface area (TPSA) is 40.7 Å². The van der Waals surface area contributed by atoms with Crippen LogP contribution < -0.4 is 5.32 Å². The molecule has 3 nitrogen and oxygen atoms in total. The van der Waals surface area contributed by atoms with Crippen LogP contribution in [-0.4, -0.2) is 16.7 Å². The molecule has 4 heteroatoms. The number of hydrogen-bond donors (Lipinski definition) is 2. The summed E-state index contributed by atoms with van der Waals surface area (Å²) in [6, 6.07) is 7.94. The molecule has 0 saturated carbocycles. The Balaban J connectivity index is 1.68. The Bertz CT molecular complexity index is 493. The van der Waals surface area contributed by atoms with Gasteiger partial charge in [0.15, 0.2) is 0 Å². The molecule has 0 unspecified atom stereocenters. The highest BCUT2D eigenvalue weighted by molar-refractivity contribution is 6.31. The van der Waals surface area contributed by atoms with Crippen LogP contribution in [0.15, 0.2) is 30.5 Å². The standard InChI is InChI=1S/C14H18ClN3/c1-11-12(10-17-18-11)6-4-8-16-9-13-5-2-3-7-14(13)15/h2-3,5,7,10,16H,4,6,8-9H2,1H3,(H,17,18). The molecule has 96 valence electrons. The number of H-pyrrole nitrogens is 1. The first-order valence-corrected chi connectivity index (χ1v) is 6.58. The summed E-state index contributed by atoms with van der Waals surface area (Å²) in [6.07, 6.45) is 4.06. The van der Waals surface area contributed by atoms with Gasteiger partial charge in [-0.1, -0.05) is 29.8 Å². The smallest absolute Gasteiger partial charge is 0.0522 e. The summed E-state index contributed by atoms with van der Waals surface area (Å²) in [4.78, 5) is 0. The zero-order chi connectivity index (χ0) is 12.8. The number of nitrogens with one attached hydrogen (secondary N) is 2. The monoisotopic (exact) mass is 263 g/mol. The van der Waals surface area contributed by atoms with Crippen LogP contribution in [0.4, 0.5) is 0 Å². The summed E-state index contributed by atoms with van der Waals surface area (Å²) in [5, 5.41) is 11.2. The van der Waals surface area contributed by atoms with Gasteiger partial charge < -0.3 is 5.32 Å². The average Bonchev–Trinajstić information content (AvgIpc) is 2.77. The predicted molar refractivity (Wildman–Crippen MR) is 74.8 cm³/mol. The summed E-state index contributed by atoms with van der Waals surface area (Å²) in [5.41, 5.74) is 3.62. The molecule has 0 amide bonds. The molecule has 0 atom stereocenters. The minimum Gasteiger partial charge on any atom is -0.313 e. The van der Waals surface area contributed by atoms with Crippen molar-refractivity contribution in [3.05, 3.63) is 52.3 Å². The van der Waals surface area contributed by atoms with E-state index in [1.165, 1.54) is 11.3 Å². The third kappa shape index (κ3) is 3.59. The van der Waals surface area contributed by atoms with Crippen molar-refractivity contribution >= 4 is 11.6 Å². The number of rotatable bonds is 6. The van der Waals surface area contributed by atoms with Crippen LogP contribution in [0.1, 0.15) is 23.2 Å². The number of aromatic nitrogens is 2. The predicted octanol–water partition coefficient (Wildman–Crippen LogP) is 3.09. The molecule has 1 heterocycles. The van der Waals surface area contributed by atoms with E-state index in [4.69, 9.17) is 11.6 Å². The lowest BCUT2D eigenvalue weighted by atomic mass is 10.1. The first-order valence-electron chi connectivity index (χ1n) is 6.20. The first-order chi connectivity index (χ1) is 8.77. The summed E-state index contributed by atoms with van der Waals surface area (Å²) >= 11 is 6.09. The highest BCUT2D eigenvalue weighted by Crippen LogP contribution is 2.14. The maximum atomic E-state index is 6.09. The van der Waals surface area contributed by atoms with Crippen LogP contribution >= 0.6 is 11.6 Å². The molecule has 2 rings (SSSR count). The van der Waals surface area contributed by atoms with Crippen molar-refractivity contribution < 1.29 is 0 Å². The number of hydrogen-bond acceptors (Lipinski definition) is 2. The first kappa shape index (κ1) is 13.1. The van der Waals surface area contributed by atoms with Gasteiger partial charge in [0.05, 0.1) is 6.20 Å². The van der Waals surface area contributed by atoms with E-state index < -0.39 is 0 Å². The number of aromatic amines is 1. The minimum atomic E-state index is 0.823. The highest BCUT2D eigenvalue weighted by atomic mass is 35.5. The Morgan fingerprint density at radius 2 is 2.11 bits per heavy atom. The number of aryl methyl sites for hydroxylation is 2. The fourth-order valence-corrected chi connectivity index (χ4v) is 2.10. The molecule has 0 spiro atoms. The molecule has 1 aromatic heterocycles. The Hall–Kier alpha value is -1.32. The zero-order valence-electron chi connectivity index (χ0n) is 10.5. The minimum absolute atomic E-state index is 0.823. The third-order valence-electron chi connectivity index (χ3n) is 3.01. The van der Waals surface area contributed by atoms with Gasteiger partial charge in [-0.15, -0.1) is 0 Å². The maximum Gasteiger partial charge on any atom is 0.0522 e. The molecule has 0 saturated heterocycles. The molecule has 0 aliphatic rings. The molecule has 2 aromatic rings. The molecule has 0 fully saturated rings. The average molecular weight is 264 g/mol. The lowest BCUT2D eigenvalue weighted by Crippen LogP contribution is -2.15. The van der Waals surface area contributed by atoms with Crippen LogP contribution in [0.3, 0.4) is 0 Å². The molecule has 0 bridgehead atoms. The quantitative estimate of drug-likeness (QED) is 0.787. The second-order valence-electron chi connectivity index (χ2n) is 4.39. The molecular formula is C14H18ClN3. The SMILES string of the molecule is Cc1[nH]ncc1CCCNCc1ccccc1Cl. The van der Waals surface area contributed by atoms with Crippen LogP contribution in [0.25, 0.3) is 0 Å². The zero-order valence-corrected chi connectivity index (χ0v) is 11.3. The van der Waals surface area contributed by atoms with Crippen molar-refractivity contribution in [3.8, 4) is 0 Å². The van der Waals surface area contributed by atoms with Gasteiger partial charge in [-0.3, -0.25) is 5.10 Å². The Labute approximate surface area is 113 Å². The lowest BCUT2D eigenvalue weighted by Gasteiger charge is -2.06. The molecule has 2 N–H and O–H groups in total. The van der Waals surface area contributed by atoms with Crippen molar-refractivity contribution in [1.29, 1.82) is 0 Å². The van der Waals surface area contributed by atoms with E-state index in [1.807, 2.05) is 24.4 Å². The van der Waals surface area contributed by atoms with Gasteiger partial charge in [0, 0.05) is 17.3 Å². The van der Waals surface area contributed by atoms with E-state index in [9.17, 15) is 0 Å². The number of halogens is 1. The number of benzene rings is 1. The molecule has 1 aromatic carbocycles. The largest absolute Gasteiger partial charge is 0.313 e. The third-order valence-corrected chi connectivity index (χ3v) is 3.38. The van der Waals surface area contributed by atoms with Gasteiger partial charge in [-0.05, 0) is 43.5 Å². The van der Waals surface area contributed by atoms with Crippen LogP contribution in [0.2, 0.25) is 5.02 Å². The number of nitrogens with zero attached hydrogens (tertiary/aromatic N) is 1. The van der Waals surface area contributed by atoms with Gasteiger partial charge >= 0.3 is 0 Å². The molecular weight excluding hydrogens is 246 g/mol. The van der Waals surface area contributed by atoms with Gasteiger partial charge in [0.2, 0.25) is 0 Å². The van der Waals surface area contributed by atoms with Crippen LogP contribution in [0.5, 0.6) is 0 Å². The second kappa shape index (κ2) is 6.57. The lowest BCUT2D eigenvalue weighted by molar-refractivity contribution is 0.649. The van der Waals surface area contributed by atoms with Gasteiger partial charge in [-0.2, -0.15) is 5.10 Å². The van der Waals surface area contributed by atoms with Gasteiger partial charge in [-0.25, -0.2) is 0 Å². The second-order valence-corrected chi connectivity index (χ2v) is 4.80. The van der Waals surface area contributed by atoms with Crippen LogP contribution in [-0.2, 0) is 13.0 Å². The highest BCUT2D eigenvalue weighted by Gasteiger charge is 2.00. The molecule has 0 aliphatic carbocycles. The normalized spacial score (nSPS) is 10.8. The van der Waals surface area contributed by atoms with Gasteiger partial charge in [0.1, 0.15) is 0 Å². The van der Waals surface area contributed by atoms with E-state index in [1.54, 1.807) is 0 Å². The van der Waals surface area contributed by atoms with Crippen molar-refractivity contribution in [2.24, 2.45) is 0 Å². The summed E-state index contributed by atoms with van der Waals surface area (Å²) in [5.74, 6) is 0. The summed E-state index contributed by atoms with van der Waals surface area (Å²) in [7, 11) is 0. The summed E-state index contributed by atoms with van der Waals surface area (Å²) < 4.78 is 0. The summed E-state index contributed by atoms with van der Waals surface area (Å²) in [6.45, 7) is 3.86. The van der Waals surface area contributed by atoms with Crippen molar-refractivity contribution in [2.45, 2.75) is 26.3 Å². The van der Waals surface area contributed by atoms with Crippen molar-refractivity contribution in [1.82, 2.24) is 15.5 Å². The van der Waals surface area contributed by atoms with Crippen molar-refractivity contribution in [3.63, 3.8) is 0 Å². The molecule has 18 heavy (non-hydrogen) atoms. The van der Waals surface area contributed by atoms with Gasteiger partial charge in [0.25, 0.3) is 0 Å². The Morgan fingerprint density at radius 3 is 2.83 bits per heavy atom. The maximum absolute atomic E-state index is 6.09. The van der Waals surface area contributed by atoms with Crippen molar-refractivity contribution in [2.75, 3.05) is 6.54 Å². The van der Waals surface area contributed by atoms with E-state index in [0.717, 1.165) is 36.5 Å². The van der Waals surface area contributed by atoms with Crippen LogP contribution in [0, 0.1) is 6.92 Å². The molecule has 0 radical (unpaired) electrons. The van der Waals surface area contributed by atoms with E-state index >= 15 is 0 Å².